The minimum absolute atomic E-state index is 0.665. The first-order valence-corrected chi connectivity index (χ1v) is 8.24. The van der Waals surface area contributed by atoms with E-state index in [0.29, 0.717) is 10.0 Å². The van der Waals surface area contributed by atoms with E-state index in [-0.39, 0.29) is 0 Å². The lowest BCUT2D eigenvalue weighted by Gasteiger charge is -2.05. The Morgan fingerprint density at radius 3 is 2.81 bits per heavy atom. The van der Waals surface area contributed by atoms with Gasteiger partial charge >= 0.3 is 0 Å². The monoisotopic (exact) mass is 336 g/mol. The lowest BCUT2D eigenvalue weighted by molar-refractivity contribution is 1.02. The van der Waals surface area contributed by atoms with Gasteiger partial charge in [-0.15, -0.1) is 0 Å². The summed E-state index contributed by atoms with van der Waals surface area (Å²) in [7, 11) is 0. The Bertz CT molecular complexity index is 783. The molecule has 0 radical (unpaired) electrons. The summed E-state index contributed by atoms with van der Waals surface area (Å²) in [5.74, 6) is 0. The topological polar surface area (TPSA) is 24.9 Å². The summed E-state index contributed by atoms with van der Waals surface area (Å²) in [6.45, 7) is 2.87. The maximum atomic E-state index is 6.17. The first-order valence-electron chi connectivity index (χ1n) is 6.67. The Morgan fingerprint density at radius 1 is 1.14 bits per heavy atom. The third-order valence-electron chi connectivity index (χ3n) is 3.23. The Morgan fingerprint density at radius 2 is 2.00 bits per heavy atom. The minimum Gasteiger partial charge on any atom is -0.361 e. The highest BCUT2D eigenvalue weighted by molar-refractivity contribution is 7.22. The van der Waals surface area contributed by atoms with E-state index in [2.05, 4.69) is 35.4 Å². The third-order valence-corrected chi connectivity index (χ3v) is 4.81. The van der Waals surface area contributed by atoms with Crippen molar-refractivity contribution in [2.75, 3.05) is 11.9 Å². The second-order valence-electron chi connectivity index (χ2n) is 4.90. The highest BCUT2D eigenvalue weighted by Crippen LogP contribution is 2.27. The molecule has 21 heavy (non-hydrogen) atoms. The number of fused-ring (bicyclic) bond motifs is 1. The van der Waals surface area contributed by atoms with Crippen LogP contribution in [0, 0.1) is 6.92 Å². The van der Waals surface area contributed by atoms with Gasteiger partial charge in [-0.2, -0.15) is 0 Å². The maximum absolute atomic E-state index is 6.17. The van der Waals surface area contributed by atoms with Gasteiger partial charge in [-0.1, -0.05) is 46.7 Å². The predicted molar refractivity (Wildman–Crippen MR) is 93.0 cm³/mol. The van der Waals surface area contributed by atoms with Crippen molar-refractivity contribution in [2.45, 2.75) is 13.3 Å². The molecule has 0 bridgehead atoms. The second kappa shape index (κ2) is 6.22. The van der Waals surface area contributed by atoms with Crippen molar-refractivity contribution >= 4 is 49.9 Å². The molecule has 1 heterocycles. The molecule has 3 rings (SSSR count). The van der Waals surface area contributed by atoms with Crippen LogP contribution in [0.2, 0.25) is 10.0 Å². The molecule has 108 valence electrons. The number of benzene rings is 2. The first kappa shape index (κ1) is 14.6. The molecule has 0 spiro atoms. The molecule has 3 aromatic rings. The number of anilines is 1. The Hall–Kier alpha value is -1.29. The van der Waals surface area contributed by atoms with Gasteiger partial charge in [-0.25, -0.2) is 4.98 Å². The number of thiazole rings is 1. The van der Waals surface area contributed by atoms with Crippen LogP contribution in [-0.2, 0) is 6.42 Å². The van der Waals surface area contributed by atoms with Crippen molar-refractivity contribution in [3.05, 3.63) is 57.6 Å². The fourth-order valence-electron chi connectivity index (χ4n) is 2.14. The fraction of sp³-hybridized carbons (Fsp3) is 0.188. The molecule has 1 aromatic heterocycles. The van der Waals surface area contributed by atoms with Crippen LogP contribution in [0.25, 0.3) is 10.2 Å². The number of hydrogen-bond acceptors (Lipinski definition) is 3. The van der Waals surface area contributed by atoms with Gasteiger partial charge in [0.1, 0.15) is 0 Å². The smallest absolute Gasteiger partial charge is 0.183 e. The zero-order chi connectivity index (χ0) is 14.8. The Kier molecular flexibility index (Phi) is 4.34. The van der Waals surface area contributed by atoms with Crippen LogP contribution in [0.4, 0.5) is 5.13 Å². The lowest BCUT2D eigenvalue weighted by Crippen LogP contribution is -2.04. The van der Waals surface area contributed by atoms with Crippen LogP contribution < -0.4 is 5.32 Å². The summed E-state index contributed by atoms with van der Waals surface area (Å²) in [6, 6.07) is 11.9. The second-order valence-corrected chi connectivity index (χ2v) is 6.78. The van der Waals surface area contributed by atoms with Crippen LogP contribution in [-0.4, -0.2) is 11.5 Å². The molecule has 5 heteroatoms. The van der Waals surface area contributed by atoms with Gasteiger partial charge in [0, 0.05) is 16.6 Å². The average Bonchev–Trinajstić information content (AvgIpc) is 2.83. The van der Waals surface area contributed by atoms with Crippen molar-refractivity contribution in [1.29, 1.82) is 0 Å². The lowest BCUT2D eigenvalue weighted by atomic mass is 10.1. The third kappa shape index (κ3) is 3.49. The highest BCUT2D eigenvalue weighted by Gasteiger charge is 2.05. The summed E-state index contributed by atoms with van der Waals surface area (Å²) in [6.07, 6.45) is 0.838. The van der Waals surface area contributed by atoms with Gasteiger partial charge < -0.3 is 5.32 Å². The molecule has 0 unspecified atom stereocenters. The van der Waals surface area contributed by atoms with Crippen LogP contribution in [0.5, 0.6) is 0 Å². The molecule has 0 aliphatic carbocycles. The summed E-state index contributed by atoms with van der Waals surface area (Å²) < 4.78 is 1.20. The van der Waals surface area contributed by atoms with Crippen molar-refractivity contribution in [3.8, 4) is 0 Å². The van der Waals surface area contributed by atoms with E-state index in [0.717, 1.165) is 29.2 Å². The zero-order valence-electron chi connectivity index (χ0n) is 11.5. The zero-order valence-corrected chi connectivity index (χ0v) is 13.8. The van der Waals surface area contributed by atoms with Gasteiger partial charge in [0.2, 0.25) is 0 Å². The van der Waals surface area contributed by atoms with Crippen molar-refractivity contribution in [3.63, 3.8) is 0 Å². The van der Waals surface area contributed by atoms with E-state index < -0.39 is 0 Å². The summed E-state index contributed by atoms with van der Waals surface area (Å²) in [4.78, 5) is 4.59. The van der Waals surface area contributed by atoms with E-state index in [4.69, 9.17) is 23.2 Å². The largest absolute Gasteiger partial charge is 0.361 e. The Labute approximate surface area is 137 Å². The number of rotatable bonds is 4. The van der Waals surface area contributed by atoms with Crippen molar-refractivity contribution < 1.29 is 0 Å². The number of aromatic nitrogens is 1. The van der Waals surface area contributed by atoms with Crippen molar-refractivity contribution in [1.82, 2.24) is 4.98 Å². The van der Waals surface area contributed by atoms with Gasteiger partial charge in [-0.05, 0) is 48.7 Å². The molecule has 0 aliphatic rings. The summed E-state index contributed by atoms with van der Waals surface area (Å²) in [5.41, 5.74) is 3.37. The minimum atomic E-state index is 0.665. The molecule has 2 aromatic carbocycles. The number of nitrogens with one attached hydrogen (secondary N) is 1. The van der Waals surface area contributed by atoms with Crippen LogP contribution in [0.3, 0.4) is 0 Å². The molecule has 0 atom stereocenters. The summed E-state index contributed by atoms with van der Waals surface area (Å²) in [5, 5.41) is 5.68. The molecular weight excluding hydrogens is 323 g/mol. The van der Waals surface area contributed by atoms with E-state index in [1.54, 1.807) is 17.4 Å². The molecule has 0 saturated carbocycles. The van der Waals surface area contributed by atoms with Crippen molar-refractivity contribution in [2.24, 2.45) is 0 Å². The van der Waals surface area contributed by atoms with Crippen LogP contribution in [0.1, 0.15) is 11.1 Å². The molecular formula is C16H14Cl2N2S. The standard InChI is InChI=1S/C16H14Cl2N2S/c1-10-2-5-15-14(8-10)20-16(21-15)19-7-6-11-3-4-12(17)9-13(11)18/h2-5,8-9H,6-7H2,1H3,(H,19,20). The number of hydrogen-bond donors (Lipinski definition) is 1. The van der Waals surface area contributed by atoms with Gasteiger partial charge in [0.25, 0.3) is 0 Å². The van der Waals surface area contributed by atoms with E-state index in [1.807, 2.05) is 12.1 Å². The SMILES string of the molecule is Cc1ccc2sc(NCCc3ccc(Cl)cc3Cl)nc2c1. The maximum Gasteiger partial charge on any atom is 0.183 e. The fourth-order valence-corrected chi connectivity index (χ4v) is 3.52. The van der Waals surface area contributed by atoms with Gasteiger partial charge in [-0.3, -0.25) is 0 Å². The van der Waals surface area contributed by atoms with Crippen LogP contribution in [0.15, 0.2) is 36.4 Å². The van der Waals surface area contributed by atoms with E-state index in [1.165, 1.54) is 10.3 Å². The quantitative estimate of drug-likeness (QED) is 0.673. The molecule has 0 saturated heterocycles. The Balaban J connectivity index is 1.66. The number of aryl methyl sites for hydroxylation is 1. The number of nitrogens with zero attached hydrogens (tertiary/aromatic N) is 1. The molecule has 0 fully saturated rings. The number of halogens is 2. The van der Waals surface area contributed by atoms with Crippen LogP contribution >= 0.6 is 34.5 Å². The normalized spacial score (nSPS) is 11.0. The molecule has 2 nitrogen and oxygen atoms in total. The van der Waals surface area contributed by atoms with E-state index >= 15 is 0 Å². The van der Waals surface area contributed by atoms with Gasteiger partial charge in [0.05, 0.1) is 10.2 Å². The van der Waals surface area contributed by atoms with E-state index in [9.17, 15) is 0 Å². The predicted octanol–water partition coefficient (Wildman–Crippen LogP) is 5.57. The molecule has 0 aliphatic heterocycles. The molecule has 1 N–H and O–H groups in total. The van der Waals surface area contributed by atoms with Gasteiger partial charge in [0.15, 0.2) is 5.13 Å². The average molecular weight is 337 g/mol. The molecule has 0 amide bonds. The summed E-state index contributed by atoms with van der Waals surface area (Å²) >= 11 is 13.7. The highest BCUT2D eigenvalue weighted by atomic mass is 35.5. The first-order chi connectivity index (χ1) is 10.1.